The first-order valence-electron chi connectivity index (χ1n) is 5.04. The van der Waals surface area contributed by atoms with E-state index in [0.29, 0.717) is 12.1 Å². The van der Waals surface area contributed by atoms with Gasteiger partial charge in [0.25, 0.3) is 0 Å². The third-order valence-electron chi connectivity index (χ3n) is 1.77. The molecule has 0 saturated heterocycles. The average molecular weight is 389 g/mol. The van der Waals surface area contributed by atoms with Crippen LogP contribution < -0.4 is 3.71 Å². The molecular weight excluding hydrogens is 384 g/mol. The van der Waals surface area contributed by atoms with E-state index in [2.05, 4.69) is 8.37 Å². The van der Waals surface area contributed by atoms with Crippen LogP contribution in [0.2, 0.25) is 0 Å². The summed E-state index contributed by atoms with van der Waals surface area (Å²) in [6.07, 6.45) is -11.8. The molecule has 0 amide bonds. The predicted octanol–water partition coefficient (Wildman–Crippen LogP) is 2.06. The van der Waals surface area contributed by atoms with Crippen molar-refractivity contribution in [2.75, 3.05) is 3.71 Å². The molecule has 0 saturated carbocycles. The zero-order valence-electron chi connectivity index (χ0n) is 10.4. The summed E-state index contributed by atoms with van der Waals surface area (Å²) in [6, 6.07) is 4.31. The summed E-state index contributed by atoms with van der Waals surface area (Å²) >= 11 is 0. The van der Waals surface area contributed by atoms with E-state index in [0.717, 1.165) is 12.1 Å². The SMILES string of the molecule is O=S(=O)(OC(F)(F)F)N(c1ccccc1)S(=O)(=O)OC(F)(F)F. The van der Waals surface area contributed by atoms with Crippen LogP contribution in [0.1, 0.15) is 0 Å². The summed E-state index contributed by atoms with van der Waals surface area (Å²) in [5.41, 5.74) is -1.10. The summed E-state index contributed by atoms with van der Waals surface area (Å²) in [4.78, 5) is 0. The molecule has 0 radical (unpaired) electrons. The lowest BCUT2D eigenvalue weighted by Gasteiger charge is -2.23. The van der Waals surface area contributed by atoms with Gasteiger partial charge in [0.15, 0.2) is 0 Å². The van der Waals surface area contributed by atoms with Crippen LogP contribution in [0.25, 0.3) is 0 Å². The summed E-state index contributed by atoms with van der Waals surface area (Å²) in [5, 5.41) is 0. The molecule has 0 spiro atoms. The highest BCUT2D eigenvalue weighted by Gasteiger charge is 2.49. The number of alkyl halides is 6. The van der Waals surface area contributed by atoms with Gasteiger partial charge in [-0.3, -0.25) is 0 Å². The maximum Gasteiger partial charge on any atom is 0.538 e. The van der Waals surface area contributed by atoms with E-state index < -0.39 is 42.7 Å². The highest BCUT2D eigenvalue weighted by atomic mass is 32.3. The van der Waals surface area contributed by atoms with Gasteiger partial charge in [-0.15, -0.1) is 30.1 Å². The Bertz CT molecular complexity index is 696. The molecule has 0 N–H and O–H groups in total. The Balaban J connectivity index is 3.47. The summed E-state index contributed by atoms with van der Waals surface area (Å²) < 4.78 is 122. The second-order valence-electron chi connectivity index (χ2n) is 3.51. The Labute approximate surface area is 125 Å². The Hall–Kier alpha value is -1.58. The highest BCUT2D eigenvalue weighted by molar-refractivity contribution is 8.06. The fraction of sp³-hybridized carbons (Fsp3) is 0.250. The Morgan fingerprint density at radius 2 is 1.09 bits per heavy atom. The van der Waals surface area contributed by atoms with Crippen molar-refractivity contribution in [3.05, 3.63) is 30.3 Å². The molecule has 0 heterocycles. The molecule has 0 aliphatic rings. The van der Waals surface area contributed by atoms with Crippen LogP contribution in [0.5, 0.6) is 0 Å². The predicted molar refractivity (Wildman–Crippen MR) is 61.0 cm³/mol. The minimum absolute atomic E-state index is 0.606. The molecule has 0 aromatic heterocycles. The molecule has 23 heavy (non-hydrogen) atoms. The van der Waals surface area contributed by atoms with Crippen molar-refractivity contribution in [1.29, 1.82) is 0 Å². The summed E-state index contributed by atoms with van der Waals surface area (Å²) in [5.74, 6) is 0. The number of halogens is 6. The third kappa shape index (κ3) is 5.85. The second-order valence-corrected chi connectivity index (χ2v) is 6.51. The van der Waals surface area contributed by atoms with Crippen molar-refractivity contribution in [1.82, 2.24) is 0 Å². The van der Waals surface area contributed by atoms with Crippen molar-refractivity contribution >= 4 is 26.3 Å². The van der Waals surface area contributed by atoms with Crippen molar-refractivity contribution < 1.29 is 51.5 Å². The Morgan fingerprint density at radius 3 is 1.39 bits per heavy atom. The monoisotopic (exact) mass is 389 g/mol. The summed E-state index contributed by atoms with van der Waals surface area (Å²) in [6.45, 7) is 0. The van der Waals surface area contributed by atoms with E-state index in [1.54, 1.807) is 0 Å². The van der Waals surface area contributed by atoms with E-state index >= 15 is 0 Å². The van der Waals surface area contributed by atoms with Gasteiger partial charge in [-0.2, -0.15) is 25.2 Å². The number of anilines is 1. The van der Waals surface area contributed by atoms with Gasteiger partial charge in [0.05, 0.1) is 5.69 Å². The fourth-order valence-corrected chi connectivity index (χ4v) is 3.68. The van der Waals surface area contributed by atoms with Crippen LogP contribution in [0, 0.1) is 0 Å². The number of benzene rings is 1. The number of para-hydroxylation sites is 1. The Morgan fingerprint density at radius 1 is 0.739 bits per heavy atom. The lowest BCUT2D eigenvalue weighted by molar-refractivity contribution is -0.272. The van der Waals surface area contributed by atoms with Crippen LogP contribution in [0.15, 0.2) is 30.3 Å². The molecule has 0 fully saturated rings. The lowest BCUT2D eigenvalue weighted by Crippen LogP contribution is -2.43. The van der Waals surface area contributed by atoms with Crippen molar-refractivity contribution in [3.8, 4) is 0 Å². The molecule has 15 heteroatoms. The first-order valence-corrected chi connectivity index (χ1v) is 7.77. The standard InChI is InChI=1S/C8H5F6NO6S2/c9-7(10,11)20-22(16,17)15(6-4-2-1-3-5-6)23(18,19)21-8(12,13)14/h1-5H. The van der Waals surface area contributed by atoms with E-state index in [-0.39, 0.29) is 0 Å². The molecule has 7 nitrogen and oxygen atoms in total. The van der Waals surface area contributed by atoms with E-state index in [1.165, 1.54) is 6.07 Å². The van der Waals surface area contributed by atoms with Crippen molar-refractivity contribution in [2.24, 2.45) is 0 Å². The first-order chi connectivity index (χ1) is 10.1. The number of rotatable bonds is 5. The van der Waals surface area contributed by atoms with Gasteiger partial charge in [0.2, 0.25) is 0 Å². The minimum atomic E-state index is -6.27. The Kier molecular flexibility index (Phi) is 5.20. The quantitative estimate of drug-likeness (QED) is 0.716. The zero-order valence-corrected chi connectivity index (χ0v) is 12.0. The van der Waals surface area contributed by atoms with Gasteiger partial charge in [-0.05, 0) is 12.1 Å². The van der Waals surface area contributed by atoms with Crippen LogP contribution in [-0.4, -0.2) is 29.6 Å². The molecule has 0 aliphatic heterocycles. The third-order valence-corrected chi connectivity index (χ3v) is 4.90. The molecule has 1 aromatic rings. The largest absolute Gasteiger partial charge is 0.538 e. The van der Waals surface area contributed by atoms with E-state index in [4.69, 9.17) is 0 Å². The van der Waals surface area contributed by atoms with Gasteiger partial charge < -0.3 is 0 Å². The molecule has 1 rings (SSSR count). The molecule has 0 unspecified atom stereocenters. The summed E-state index contributed by atoms with van der Waals surface area (Å²) in [7, 11) is -12.5. The molecule has 0 bridgehead atoms. The first kappa shape index (κ1) is 19.5. The zero-order chi connectivity index (χ0) is 18.1. The van der Waals surface area contributed by atoms with Crippen LogP contribution >= 0.6 is 0 Å². The second kappa shape index (κ2) is 6.14. The number of hydrogen-bond acceptors (Lipinski definition) is 6. The smallest absolute Gasteiger partial charge is 0.175 e. The van der Waals surface area contributed by atoms with Gasteiger partial charge >= 0.3 is 33.3 Å². The number of nitrogens with zero attached hydrogens (tertiary/aromatic N) is 1. The van der Waals surface area contributed by atoms with Gasteiger partial charge in [-0.1, -0.05) is 18.2 Å². The van der Waals surface area contributed by atoms with Crippen molar-refractivity contribution in [2.45, 2.75) is 12.7 Å². The lowest BCUT2D eigenvalue weighted by atomic mass is 10.3. The number of hydrogen-bond donors (Lipinski definition) is 0. The minimum Gasteiger partial charge on any atom is -0.175 e. The molecule has 132 valence electrons. The normalized spacial score (nSPS) is 13.8. The van der Waals surface area contributed by atoms with E-state index in [9.17, 15) is 43.2 Å². The topological polar surface area (TPSA) is 90.0 Å². The van der Waals surface area contributed by atoms with Crippen LogP contribution in [-0.2, 0) is 29.0 Å². The van der Waals surface area contributed by atoms with Gasteiger partial charge in [0, 0.05) is 0 Å². The maximum atomic E-state index is 12.1. The van der Waals surface area contributed by atoms with Crippen LogP contribution in [0.3, 0.4) is 0 Å². The van der Waals surface area contributed by atoms with Crippen LogP contribution in [0.4, 0.5) is 32.0 Å². The molecule has 0 atom stereocenters. The molecular formula is C8H5F6NO6S2. The fourth-order valence-electron chi connectivity index (χ4n) is 1.23. The molecule has 1 aromatic carbocycles. The average Bonchev–Trinajstić information content (AvgIpc) is 2.21. The maximum absolute atomic E-state index is 12.1. The molecule has 0 aliphatic carbocycles. The van der Waals surface area contributed by atoms with E-state index in [1.807, 2.05) is 0 Å². The van der Waals surface area contributed by atoms with Gasteiger partial charge in [0.1, 0.15) is 0 Å². The van der Waals surface area contributed by atoms with Gasteiger partial charge in [-0.25, -0.2) is 0 Å². The van der Waals surface area contributed by atoms with Crippen molar-refractivity contribution in [3.63, 3.8) is 0 Å². The highest BCUT2D eigenvalue weighted by Crippen LogP contribution is 2.31.